The summed E-state index contributed by atoms with van der Waals surface area (Å²) in [6.45, 7) is 0. The van der Waals surface area contributed by atoms with Gasteiger partial charge in [0.25, 0.3) is 20.2 Å². The molecule has 0 aliphatic heterocycles. The number of anilines is 2. The van der Waals surface area contributed by atoms with E-state index >= 15 is 0 Å². The Balaban J connectivity index is 1.36. The van der Waals surface area contributed by atoms with E-state index in [9.17, 15) is 25.9 Å². The molecule has 6 rings (SSSR count). The minimum Gasteiger partial charge on any atom is -0.399 e. The van der Waals surface area contributed by atoms with Crippen LogP contribution in [-0.2, 0) is 26.7 Å². The summed E-state index contributed by atoms with van der Waals surface area (Å²) in [6, 6.07) is 30.4. The highest BCUT2D eigenvalue weighted by atomic mass is 32.2. The SMILES string of the molecule is Nc1ccc(-c2nc3ccc(Sc4ccc(Cc5ccc(S(=O)(=O)O)cc5)cc4S(=O)(=O)O)cc3nc2-c2ccc(N)cc2)cc1. The monoisotopic (exact) mass is 670 g/mol. The zero-order valence-corrected chi connectivity index (χ0v) is 26.4. The third-order valence-corrected chi connectivity index (χ3v) is 10.1. The summed E-state index contributed by atoms with van der Waals surface area (Å²) in [4.78, 5) is 10.3. The molecule has 1 heterocycles. The summed E-state index contributed by atoms with van der Waals surface area (Å²) >= 11 is 1.15. The van der Waals surface area contributed by atoms with Crippen LogP contribution in [0.2, 0.25) is 0 Å². The van der Waals surface area contributed by atoms with Gasteiger partial charge in [0.05, 0.1) is 27.3 Å². The van der Waals surface area contributed by atoms with Crippen LogP contribution >= 0.6 is 11.8 Å². The van der Waals surface area contributed by atoms with Gasteiger partial charge in [-0.2, -0.15) is 16.8 Å². The average molecular weight is 671 g/mol. The number of aromatic nitrogens is 2. The fourth-order valence-corrected chi connectivity index (χ4v) is 7.27. The van der Waals surface area contributed by atoms with Gasteiger partial charge < -0.3 is 11.5 Å². The average Bonchev–Trinajstić information content (AvgIpc) is 3.01. The van der Waals surface area contributed by atoms with E-state index in [0.29, 0.717) is 54.7 Å². The van der Waals surface area contributed by atoms with Gasteiger partial charge in [-0.15, -0.1) is 0 Å². The molecule has 0 unspecified atom stereocenters. The number of rotatable bonds is 8. The molecule has 0 saturated heterocycles. The summed E-state index contributed by atoms with van der Waals surface area (Å²) in [5.41, 5.74) is 18.5. The maximum atomic E-state index is 12.4. The molecule has 0 atom stereocenters. The molecule has 0 spiro atoms. The minimum atomic E-state index is -4.60. The Morgan fingerprint density at radius 3 is 1.67 bits per heavy atom. The largest absolute Gasteiger partial charge is 0.399 e. The molecule has 232 valence electrons. The Bertz CT molecular complexity index is 2310. The van der Waals surface area contributed by atoms with Gasteiger partial charge in [0.15, 0.2) is 0 Å². The van der Waals surface area contributed by atoms with Crippen molar-refractivity contribution in [1.29, 1.82) is 0 Å². The second-order valence-corrected chi connectivity index (χ2v) is 14.4. The summed E-state index contributed by atoms with van der Waals surface area (Å²) in [7, 11) is -8.94. The van der Waals surface area contributed by atoms with Crippen LogP contribution in [0.4, 0.5) is 11.4 Å². The molecule has 10 nitrogen and oxygen atoms in total. The topological polar surface area (TPSA) is 187 Å². The van der Waals surface area contributed by atoms with Crippen LogP contribution in [0.3, 0.4) is 0 Å². The van der Waals surface area contributed by atoms with Crippen molar-refractivity contribution in [3.63, 3.8) is 0 Å². The Morgan fingerprint density at radius 1 is 0.587 bits per heavy atom. The number of nitrogens with two attached hydrogens (primary N) is 2. The van der Waals surface area contributed by atoms with E-state index in [0.717, 1.165) is 22.9 Å². The van der Waals surface area contributed by atoms with Gasteiger partial charge in [-0.05, 0) is 84.3 Å². The highest BCUT2D eigenvalue weighted by molar-refractivity contribution is 8.00. The smallest absolute Gasteiger partial charge is 0.295 e. The van der Waals surface area contributed by atoms with Crippen LogP contribution < -0.4 is 11.5 Å². The number of benzene rings is 5. The maximum Gasteiger partial charge on any atom is 0.295 e. The number of nitrogen functional groups attached to an aromatic ring is 2. The molecule has 46 heavy (non-hydrogen) atoms. The predicted octanol–water partition coefficient (Wildman–Crippen LogP) is 6.36. The molecule has 0 aliphatic carbocycles. The van der Waals surface area contributed by atoms with Crippen molar-refractivity contribution in [3.05, 3.63) is 120 Å². The summed E-state index contributed by atoms with van der Waals surface area (Å²) in [5, 5.41) is 0. The summed E-state index contributed by atoms with van der Waals surface area (Å²) in [5.74, 6) is 0. The van der Waals surface area contributed by atoms with Crippen molar-refractivity contribution < 1.29 is 25.9 Å². The second-order valence-electron chi connectivity index (χ2n) is 10.5. The number of hydrogen-bond donors (Lipinski definition) is 4. The first kappa shape index (κ1) is 31.2. The van der Waals surface area contributed by atoms with E-state index in [1.54, 1.807) is 54.6 Å². The molecular formula is C33H26N4O6S3. The quantitative estimate of drug-likeness (QED) is 0.104. The zero-order valence-electron chi connectivity index (χ0n) is 23.9. The van der Waals surface area contributed by atoms with Crippen LogP contribution in [0, 0.1) is 0 Å². The lowest BCUT2D eigenvalue weighted by Crippen LogP contribution is -2.02. The van der Waals surface area contributed by atoms with Gasteiger partial charge in [-0.25, -0.2) is 9.97 Å². The van der Waals surface area contributed by atoms with Crippen molar-refractivity contribution in [3.8, 4) is 22.5 Å². The van der Waals surface area contributed by atoms with Crippen molar-refractivity contribution in [2.24, 2.45) is 0 Å². The van der Waals surface area contributed by atoms with E-state index in [1.807, 2.05) is 24.3 Å². The molecule has 0 radical (unpaired) electrons. The Labute approximate surface area is 269 Å². The molecule has 0 fully saturated rings. The van der Waals surface area contributed by atoms with Gasteiger partial charge in [0, 0.05) is 32.3 Å². The van der Waals surface area contributed by atoms with Gasteiger partial charge in [0.2, 0.25) is 0 Å². The lowest BCUT2D eigenvalue weighted by atomic mass is 10.0. The van der Waals surface area contributed by atoms with Gasteiger partial charge in [-0.1, -0.05) is 54.2 Å². The first-order chi connectivity index (χ1) is 21.8. The molecule has 0 amide bonds. The van der Waals surface area contributed by atoms with Crippen molar-refractivity contribution in [1.82, 2.24) is 9.97 Å². The van der Waals surface area contributed by atoms with Crippen LogP contribution in [0.25, 0.3) is 33.5 Å². The minimum absolute atomic E-state index is 0.247. The third kappa shape index (κ3) is 6.88. The van der Waals surface area contributed by atoms with Crippen LogP contribution in [0.15, 0.2) is 129 Å². The molecule has 0 aliphatic rings. The highest BCUT2D eigenvalue weighted by Gasteiger charge is 2.19. The Kier molecular flexibility index (Phi) is 8.27. The number of fused-ring (bicyclic) bond motifs is 1. The van der Waals surface area contributed by atoms with Crippen LogP contribution in [0.5, 0.6) is 0 Å². The van der Waals surface area contributed by atoms with Gasteiger partial charge in [-0.3, -0.25) is 9.11 Å². The van der Waals surface area contributed by atoms with E-state index in [2.05, 4.69) is 0 Å². The summed E-state index contributed by atoms with van der Waals surface area (Å²) in [6.07, 6.45) is 0.259. The van der Waals surface area contributed by atoms with Crippen molar-refractivity contribution >= 4 is 54.4 Å². The van der Waals surface area contributed by atoms with Gasteiger partial charge >= 0.3 is 0 Å². The van der Waals surface area contributed by atoms with Crippen LogP contribution in [0.1, 0.15) is 11.1 Å². The molecule has 5 aromatic carbocycles. The number of hydrogen-bond acceptors (Lipinski definition) is 9. The molecule has 6 N–H and O–H groups in total. The molecule has 0 bridgehead atoms. The van der Waals surface area contributed by atoms with Crippen molar-refractivity contribution in [2.45, 2.75) is 26.0 Å². The lowest BCUT2D eigenvalue weighted by Gasteiger charge is -2.13. The maximum absolute atomic E-state index is 12.4. The van der Waals surface area contributed by atoms with Crippen molar-refractivity contribution in [2.75, 3.05) is 11.5 Å². The Morgan fingerprint density at radius 2 is 1.13 bits per heavy atom. The first-order valence-electron chi connectivity index (χ1n) is 13.7. The standard InChI is InChI=1S/C33H26N4O6S3/c34-24-8-4-22(5-9-24)32-33(23-6-10-25(35)11-7-23)37-29-19-26(12-15-28(29)36-32)44-30-16-3-21(18-31(30)46(41,42)43)17-20-1-13-27(14-2-20)45(38,39)40/h1-16,18-19H,17,34-35H2,(H,38,39,40)(H,41,42,43). The highest BCUT2D eigenvalue weighted by Crippen LogP contribution is 2.37. The second kappa shape index (κ2) is 12.2. The fourth-order valence-electron chi connectivity index (χ4n) is 4.87. The third-order valence-electron chi connectivity index (χ3n) is 7.15. The lowest BCUT2D eigenvalue weighted by molar-refractivity contribution is 0.479. The predicted molar refractivity (Wildman–Crippen MR) is 179 cm³/mol. The van der Waals surface area contributed by atoms with E-state index in [4.69, 9.17) is 21.4 Å². The molecule has 0 saturated carbocycles. The van der Waals surface area contributed by atoms with E-state index in [-0.39, 0.29) is 16.2 Å². The number of nitrogens with zero attached hydrogens (tertiary/aromatic N) is 2. The van der Waals surface area contributed by atoms with Gasteiger partial charge in [0.1, 0.15) is 4.90 Å². The molecule has 1 aromatic heterocycles. The normalized spacial score (nSPS) is 12.0. The van der Waals surface area contributed by atoms with E-state index in [1.165, 1.54) is 30.3 Å². The summed E-state index contributed by atoms with van der Waals surface area (Å²) < 4.78 is 66.9. The first-order valence-corrected chi connectivity index (χ1v) is 17.4. The van der Waals surface area contributed by atoms with Crippen LogP contribution in [-0.4, -0.2) is 35.9 Å². The Hall–Kier alpha value is -4.79. The molecule has 13 heteroatoms. The van der Waals surface area contributed by atoms with E-state index < -0.39 is 20.2 Å². The zero-order chi connectivity index (χ0) is 32.6. The molecule has 6 aromatic rings. The molecular weight excluding hydrogens is 645 g/mol. The fraction of sp³-hybridized carbons (Fsp3) is 0.0303.